The van der Waals surface area contributed by atoms with Crippen molar-refractivity contribution in [2.45, 2.75) is 25.9 Å². The van der Waals surface area contributed by atoms with Gasteiger partial charge in [0.25, 0.3) is 0 Å². The monoisotopic (exact) mass is 370 g/mol. The Bertz CT molecular complexity index is 649. The highest BCUT2D eigenvalue weighted by Crippen LogP contribution is 2.15. The summed E-state index contributed by atoms with van der Waals surface area (Å²) in [4.78, 5) is 11.8. The average Bonchev–Trinajstić information content (AvgIpc) is 2.55. The van der Waals surface area contributed by atoms with E-state index in [2.05, 4.69) is 10.1 Å². The van der Waals surface area contributed by atoms with Gasteiger partial charge >= 0.3 is 6.61 Å². The molecule has 0 fully saturated rings. The minimum absolute atomic E-state index is 0. The van der Waals surface area contributed by atoms with Crippen molar-refractivity contribution in [2.75, 3.05) is 12.3 Å². The van der Waals surface area contributed by atoms with E-state index in [0.717, 1.165) is 17.5 Å². The number of benzene rings is 2. The van der Waals surface area contributed by atoms with E-state index in [-0.39, 0.29) is 24.1 Å². The SMILES string of the molecule is Cl.Nc1ccc(CCNC(=O)CCc2ccc(OC(F)F)cc2)cc1. The molecule has 0 aliphatic carbocycles. The van der Waals surface area contributed by atoms with Crippen molar-refractivity contribution in [3.63, 3.8) is 0 Å². The first-order valence-corrected chi connectivity index (χ1v) is 7.68. The normalized spacial score (nSPS) is 10.2. The molecule has 0 unspecified atom stereocenters. The van der Waals surface area contributed by atoms with Crippen LogP contribution in [0, 0.1) is 0 Å². The fourth-order valence-corrected chi connectivity index (χ4v) is 2.21. The lowest BCUT2D eigenvalue weighted by Gasteiger charge is -2.07. The molecule has 4 nitrogen and oxygen atoms in total. The number of nitrogens with two attached hydrogens (primary N) is 1. The first kappa shape index (κ1) is 20.7. The Morgan fingerprint density at radius 1 is 1.00 bits per heavy atom. The van der Waals surface area contributed by atoms with E-state index in [9.17, 15) is 13.6 Å². The summed E-state index contributed by atoms with van der Waals surface area (Å²) < 4.78 is 28.4. The molecular formula is C18H21ClF2N2O2. The van der Waals surface area contributed by atoms with Crippen LogP contribution in [0.4, 0.5) is 14.5 Å². The van der Waals surface area contributed by atoms with E-state index in [1.165, 1.54) is 12.1 Å². The average molecular weight is 371 g/mol. The van der Waals surface area contributed by atoms with Crippen LogP contribution in [0.5, 0.6) is 5.75 Å². The molecule has 7 heteroatoms. The van der Waals surface area contributed by atoms with Crippen LogP contribution in [0.25, 0.3) is 0 Å². The van der Waals surface area contributed by atoms with E-state index in [4.69, 9.17) is 5.73 Å². The van der Waals surface area contributed by atoms with Gasteiger partial charge in [0.1, 0.15) is 5.75 Å². The van der Waals surface area contributed by atoms with Gasteiger partial charge in [0, 0.05) is 18.7 Å². The lowest BCUT2D eigenvalue weighted by atomic mass is 10.1. The van der Waals surface area contributed by atoms with Crippen LogP contribution in [-0.2, 0) is 17.6 Å². The molecule has 0 bridgehead atoms. The van der Waals surface area contributed by atoms with Crippen LogP contribution in [0.3, 0.4) is 0 Å². The minimum Gasteiger partial charge on any atom is -0.435 e. The quantitative estimate of drug-likeness (QED) is 0.698. The molecule has 25 heavy (non-hydrogen) atoms. The molecule has 3 N–H and O–H groups in total. The highest BCUT2D eigenvalue weighted by atomic mass is 35.5. The Labute approximate surface area is 151 Å². The number of anilines is 1. The van der Waals surface area contributed by atoms with Gasteiger partial charge in [0.15, 0.2) is 0 Å². The molecule has 0 aliphatic heterocycles. The van der Waals surface area contributed by atoms with Gasteiger partial charge in [-0.1, -0.05) is 24.3 Å². The van der Waals surface area contributed by atoms with Gasteiger partial charge in [-0.2, -0.15) is 8.78 Å². The van der Waals surface area contributed by atoms with Gasteiger partial charge in [-0.25, -0.2) is 0 Å². The lowest BCUT2D eigenvalue weighted by Crippen LogP contribution is -2.25. The van der Waals surface area contributed by atoms with Gasteiger partial charge in [0.05, 0.1) is 0 Å². The molecule has 2 aromatic carbocycles. The number of nitrogen functional groups attached to an aromatic ring is 1. The first-order chi connectivity index (χ1) is 11.5. The highest BCUT2D eigenvalue weighted by Gasteiger charge is 2.05. The summed E-state index contributed by atoms with van der Waals surface area (Å²) in [5, 5.41) is 2.86. The summed E-state index contributed by atoms with van der Waals surface area (Å²) in [6.45, 7) is -2.27. The van der Waals surface area contributed by atoms with E-state index in [1.54, 1.807) is 12.1 Å². The smallest absolute Gasteiger partial charge is 0.387 e. The van der Waals surface area contributed by atoms with Crippen LogP contribution in [0.1, 0.15) is 17.5 Å². The summed E-state index contributed by atoms with van der Waals surface area (Å²) in [7, 11) is 0. The Morgan fingerprint density at radius 2 is 1.56 bits per heavy atom. The van der Waals surface area contributed by atoms with Gasteiger partial charge in [-0.05, 0) is 48.2 Å². The van der Waals surface area contributed by atoms with E-state index in [1.807, 2.05) is 24.3 Å². The summed E-state index contributed by atoms with van der Waals surface area (Å²) in [5.74, 6) is 0.0695. The number of carbonyl (C=O) groups excluding carboxylic acids is 1. The van der Waals surface area contributed by atoms with E-state index >= 15 is 0 Å². The van der Waals surface area contributed by atoms with E-state index < -0.39 is 6.61 Å². The number of hydrogen-bond acceptors (Lipinski definition) is 3. The third kappa shape index (κ3) is 7.85. The number of aryl methyl sites for hydroxylation is 1. The molecular weight excluding hydrogens is 350 g/mol. The zero-order chi connectivity index (χ0) is 17.4. The molecule has 0 heterocycles. The van der Waals surface area contributed by atoms with Crippen molar-refractivity contribution >= 4 is 24.0 Å². The summed E-state index contributed by atoms with van der Waals surface area (Å²) >= 11 is 0. The van der Waals surface area contributed by atoms with E-state index in [0.29, 0.717) is 25.1 Å². The Kier molecular flexibility index (Phi) is 8.70. The molecule has 0 atom stereocenters. The maximum Gasteiger partial charge on any atom is 0.387 e. The number of amides is 1. The molecule has 0 aromatic heterocycles. The number of alkyl halides is 2. The molecule has 0 saturated heterocycles. The number of nitrogens with one attached hydrogen (secondary N) is 1. The Hall–Kier alpha value is -2.34. The predicted octanol–water partition coefficient (Wildman–Crippen LogP) is 3.58. The zero-order valence-electron chi connectivity index (χ0n) is 13.6. The number of hydrogen-bond donors (Lipinski definition) is 2. The summed E-state index contributed by atoms with van der Waals surface area (Å²) in [5.41, 5.74) is 8.34. The van der Waals surface area contributed by atoms with Gasteiger partial charge in [-0.3, -0.25) is 4.79 Å². The van der Waals surface area contributed by atoms with Gasteiger partial charge < -0.3 is 15.8 Å². The van der Waals surface area contributed by atoms with Crippen LogP contribution in [-0.4, -0.2) is 19.1 Å². The molecule has 2 rings (SSSR count). The van der Waals surface area contributed by atoms with Crippen molar-refractivity contribution in [1.29, 1.82) is 0 Å². The van der Waals surface area contributed by atoms with Crippen molar-refractivity contribution in [3.8, 4) is 5.75 Å². The number of ether oxygens (including phenoxy) is 1. The lowest BCUT2D eigenvalue weighted by molar-refractivity contribution is -0.121. The van der Waals surface area contributed by atoms with Crippen molar-refractivity contribution in [3.05, 3.63) is 59.7 Å². The van der Waals surface area contributed by atoms with Crippen LogP contribution in [0.2, 0.25) is 0 Å². The fourth-order valence-electron chi connectivity index (χ4n) is 2.21. The van der Waals surface area contributed by atoms with Crippen molar-refractivity contribution in [1.82, 2.24) is 5.32 Å². The van der Waals surface area contributed by atoms with Crippen LogP contribution in [0.15, 0.2) is 48.5 Å². The molecule has 136 valence electrons. The second-order valence-corrected chi connectivity index (χ2v) is 5.36. The Balaban J connectivity index is 0.00000312. The summed E-state index contributed by atoms with van der Waals surface area (Å²) in [6, 6.07) is 13.8. The molecule has 0 saturated carbocycles. The largest absolute Gasteiger partial charge is 0.435 e. The zero-order valence-corrected chi connectivity index (χ0v) is 14.4. The number of halogens is 3. The third-order valence-corrected chi connectivity index (χ3v) is 3.50. The molecule has 1 amide bonds. The number of carbonyl (C=O) groups is 1. The minimum atomic E-state index is -2.83. The first-order valence-electron chi connectivity index (χ1n) is 7.68. The summed E-state index contributed by atoms with van der Waals surface area (Å²) in [6.07, 6.45) is 1.63. The van der Waals surface area contributed by atoms with Crippen molar-refractivity contribution < 1.29 is 18.3 Å². The number of rotatable bonds is 8. The van der Waals surface area contributed by atoms with Gasteiger partial charge in [0.2, 0.25) is 5.91 Å². The molecule has 0 aliphatic rings. The third-order valence-electron chi connectivity index (χ3n) is 3.50. The van der Waals surface area contributed by atoms with Gasteiger partial charge in [-0.15, -0.1) is 12.4 Å². The molecule has 0 spiro atoms. The predicted molar refractivity (Wildman–Crippen MR) is 96.2 cm³/mol. The topological polar surface area (TPSA) is 64.3 Å². The molecule has 0 radical (unpaired) electrons. The maximum atomic E-state index is 12.1. The van der Waals surface area contributed by atoms with Crippen molar-refractivity contribution in [2.24, 2.45) is 0 Å². The highest BCUT2D eigenvalue weighted by molar-refractivity contribution is 5.85. The second-order valence-electron chi connectivity index (χ2n) is 5.36. The van der Waals surface area contributed by atoms with Crippen LogP contribution >= 0.6 is 12.4 Å². The fraction of sp³-hybridized carbons (Fsp3) is 0.278. The maximum absolute atomic E-state index is 12.1. The second kappa shape index (κ2) is 10.5. The Morgan fingerprint density at radius 3 is 2.16 bits per heavy atom. The standard InChI is InChI=1S/C18H20F2N2O2.ClH/c19-18(20)24-16-8-3-13(4-9-16)5-10-17(23)22-12-11-14-1-6-15(21)7-2-14;/h1-4,6-9,18H,5,10-12,21H2,(H,22,23);1H. The van der Waals surface area contributed by atoms with Crippen LogP contribution < -0.4 is 15.8 Å². The molecule has 2 aromatic rings.